The van der Waals surface area contributed by atoms with Crippen LogP contribution in [0.15, 0.2) is 66.0 Å². The Hall–Kier alpha value is -3.19. The first-order valence-corrected chi connectivity index (χ1v) is 12.4. The smallest absolute Gasteiger partial charge is 0.201 e. The van der Waals surface area contributed by atoms with Gasteiger partial charge < -0.3 is 14.0 Å². The lowest BCUT2D eigenvalue weighted by Crippen LogP contribution is -2.15. The molecule has 0 saturated heterocycles. The molecule has 33 heavy (non-hydrogen) atoms. The minimum Gasteiger partial charge on any atom is -0.497 e. The Balaban J connectivity index is 1.59. The molecule has 0 bridgehead atoms. The number of pyridine rings is 1. The largest absolute Gasteiger partial charge is 0.497 e. The number of para-hydroxylation sites is 2. The number of methoxy groups -OCH3 is 2. The molecule has 2 aromatic heterocycles. The zero-order chi connectivity index (χ0) is 22.8. The second-order valence-corrected chi connectivity index (χ2v) is 9.76. The minimum atomic E-state index is -1.37. The Labute approximate surface area is 196 Å². The van der Waals surface area contributed by atoms with Gasteiger partial charge >= 0.3 is 0 Å². The van der Waals surface area contributed by atoms with Gasteiger partial charge in [-0.2, -0.15) is 0 Å². The summed E-state index contributed by atoms with van der Waals surface area (Å²) in [5.74, 6) is 1.64. The molecule has 0 N–H and O–H groups in total. The lowest BCUT2D eigenvalue weighted by atomic mass is 10.1. The zero-order valence-electron chi connectivity index (χ0n) is 18.9. The van der Waals surface area contributed by atoms with E-state index >= 15 is 0 Å². The van der Waals surface area contributed by atoms with Crippen molar-refractivity contribution in [3.63, 3.8) is 0 Å². The number of hydrogen-bond donors (Lipinski definition) is 0. The number of ether oxygens (including phenoxy) is 2. The third-order valence-electron chi connectivity index (χ3n) is 6.27. The van der Waals surface area contributed by atoms with E-state index in [0.29, 0.717) is 11.7 Å². The van der Waals surface area contributed by atoms with Gasteiger partial charge in [0.15, 0.2) is 0 Å². The highest BCUT2D eigenvalue weighted by Gasteiger charge is 2.31. The maximum Gasteiger partial charge on any atom is 0.201 e. The number of fused-ring (bicyclic) bond motifs is 2. The van der Waals surface area contributed by atoms with E-state index in [1.165, 1.54) is 0 Å². The molecule has 2 heterocycles. The number of hydrogen-bond acceptors (Lipinski definition) is 5. The Kier molecular flexibility index (Phi) is 6.13. The fraction of sp³-hybridized carbons (Fsp3) is 0.308. The van der Waals surface area contributed by atoms with E-state index in [0.717, 1.165) is 65.0 Å². The maximum atomic E-state index is 14.1. The van der Waals surface area contributed by atoms with Gasteiger partial charge in [-0.3, -0.25) is 9.19 Å². The monoisotopic (exact) mass is 461 g/mol. The Bertz CT molecular complexity index is 1300. The van der Waals surface area contributed by atoms with E-state index < -0.39 is 10.8 Å². The summed E-state index contributed by atoms with van der Waals surface area (Å²) in [7, 11) is 1.97. The summed E-state index contributed by atoms with van der Waals surface area (Å²) < 4.78 is 27.1. The van der Waals surface area contributed by atoms with Crippen molar-refractivity contribution in [2.24, 2.45) is 0 Å². The Morgan fingerprint density at radius 2 is 1.85 bits per heavy atom. The van der Waals surface area contributed by atoms with Crippen molar-refractivity contribution in [2.45, 2.75) is 42.6 Å². The van der Waals surface area contributed by atoms with E-state index in [1.54, 1.807) is 20.4 Å². The third kappa shape index (κ3) is 4.13. The molecule has 0 spiro atoms. The number of benzene rings is 2. The predicted octanol–water partition coefficient (Wildman–Crippen LogP) is 5.07. The second-order valence-electron chi connectivity index (χ2n) is 8.23. The van der Waals surface area contributed by atoms with Gasteiger partial charge in [0.1, 0.15) is 11.5 Å². The fourth-order valence-electron chi connectivity index (χ4n) is 4.59. The summed E-state index contributed by atoms with van der Waals surface area (Å²) in [4.78, 5) is 9.52. The van der Waals surface area contributed by atoms with E-state index in [4.69, 9.17) is 14.5 Å². The summed E-state index contributed by atoms with van der Waals surface area (Å²) in [5.41, 5.74) is 4.88. The topological polar surface area (TPSA) is 66.2 Å². The molecule has 1 aliphatic carbocycles. The second kappa shape index (κ2) is 9.35. The molecule has 7 heteroatoms. The van der Waals surface area contributed by atoms with Crippen LogP contribution < -0.4 is 9.47 Å². The number of nitrogens with zero attached hydrogens (tertiary/aromatic N) is 3. The van der Waals surface area contributed by atoms with Crippen molar-refractivity contribution in [3.05, 3.63) is 77.6 Å². The van der Waals surface area contributed by atoms with Gasteiger partial charge in [-0.15, -0.1) is 0 Å². The highest BCUT2D eigenvalue weighted by atomic mass is 32.2. The Morgan fingerprint density at radius 1 is 1.03 bits per heavy atom. The highest BCUT2D eigenvalue weighted by Crippen LogP contribution is 2.38. The van der Waals surface area contributed by atoms with Gasteiger partial charge in [-0.05, 0) is 55.2 Å². The van der Waals surface area contributed by atoms with Gasteiger partial charge in [0.25, 0.3) is 0 Å². The summed E-state index contributed by atoms with van der Waals surface area (Å²) in [6.45, 7) is 0.580. The van der Waals surface area contributed by atoms with Gasteiger partial charge in [-0.1, -0.05) is 30.7 Å². The van der Waals surface area contributed by atoms with Crippen molar-refractivity contribution in [1.82, 2.24) is 14.5 Å². The standard InChI is InChI=1S/C26H27N3O3S/c1-31-19-13-11-18(12-14-19)17-29-22-9-5-4-8-21(22)28-26(29)33(30)24-10-6-3-7-20-23(32-2)15-16-27-25(20)24/h4-5,8-9,11-16,24H,3,6-7,10,17H2,1-2H3. The van der Waals surface area contributed by atoms with Crippen LogP contribution in [0.25, 0.3) is 11.0 Å². The molecule has 2 unspecified atom stereocenters. The molecule has 2 aromatic carbocycles. The van der Waals surface area contributed by atoms with Crippen molar-refractivity contribution in [1.29, 1.82) is 0 Å². The summed E-state index contributed by atoms with van der Waals surface area (Å²) in [5, 5.41) is 0.374. The first-order valence-electron chi connectivity index (χ1n) is 11.2. The molecule has 0 fully saturated rings. The van der Waals surface area contributed by atoms with E-state index in [9.17, 15) is 4.21 Å². The summed E-state index contributed by atoms with van der Waals surface area (Å²) >= 11 is 0. The van der Waals surface area contributed by atoms with Crippen LogP contribution in [-0.2, 0) is 23.8 Å². The Morgan fingerprint density at radius 3 is 2.64 bits per heavy atom. The fourth-order valence-corrected chi connectivity index (χ4v) is 6.20. The molecule has 170 valence electrons. The maximum absolute atomic E-state index is 14.1. The molecule has 1 aliphatic rings. The van der Waals surface area contributed by atoms with Crippen molar-refractivity contribution >= 4 is 21.8 Å². The van der Waals surface area contributed by atoms with Gasteiger partial charge in [0.2, 0.25) is 5.16 Å². The van der Waals surface area contributed by atoms with Crippen molar-refractivity contribution in [3.8, 4) is 11.5 Å². The van der Waals surface area contributed by atoms with Crippen LogP contribution in [0.3, 0.4) is 0 Å². The first kappa shape index (κ1) is 21.6. The summed E-state index contributed by atoms with van der Waals surface area (Å²) in [6, 6.07) is 17.8. The molecular formula is C26H27N3O3S. The van der Waals surface area contributed by atoms with Crippen LogP contribution >= 0.6 is 0 Å². The molecule has 0 radical (unpaired) electrons. The zero-order valence-corrected chi connectivity index (χ0v) is 19.7. The van der Waals surface area contributed by atoms with Crippen LogP contribution in [0.4, 0.5) is 0 Å². The lowest BCUT2D eigenvalue weighted by molar-refractivity contribution is 0.408. The van der Waals surface area contributed by atoms with Gasteiger partial charge in [-0.25, -0.2) is 4.98 Å². The van der Waals surface area contributed by atoms with Gasteiger partial charge in [0.05, 0.1) is 53.5 Å². The van der Waals surface area contributed by atoms with Crippen LogP contribution in [0.1, 0.15) is 41.3 Å². The van der Waals surface area contributed by atoms with Crippen LogP contribution in [-0.4, -0.2) is 33.0 Å². The number of rotatable bonds is 6. The van der Waals surface area contributed by atoms with E-state index in [1.807, 2.05) is 54.6 Å². The quantitative estimate of drug-likeness (QED) is 0.375. The lowest BCUT2D eigenvalue weighted by Gasteiger charge is -2.18. The average molecular weight is 462 g/mol. The number of imidazole rings is 1. The SMILES string of the molecule is COc1ccc(Cn2c(S(=O)C3CCCCc4c(OC)ccnc43)nc3ccccc32)cc1. The van der Waals surface area contributed by atoms with E-state index in [2.05, 4.69) is 9.55 Å². The number of aromatic nitrogens is 3. The molecule has 4 aromatic rings. The minimum absolute atomic E-state index is 0.218. The first-order chi connectivity index (χ1) is 16.2. The average Bonchev–Trinajstić information content (AvgIpc) is 3.07. The third-order valence-corrected chi connectivity index (χ3v) is 7.92. The highest BCUT2D eigenvalue weighted by molar-refractivity contribution is 7.85. The van der Waals surface area contributed by atoms with E-state index in [-0.39, 0.29) is 5.25 Å². The van der Waals surface area contributed by atoms with Crippen molar-refractivity contribution in [2.75, 3.05) is 14.2 Å². The molecule has 6 nitrogen and oxygen atoms in total. The van der Waals surface area contributed by atoms with Crippen LogP contribution in [0, 0.1) is 0 Å². The predicted molar refractivity (Wildman–Crippen MR) is 129 cm³/mol. The molecule has 0 amide bonds. The molecule has 5 rings (SSSR count). The normalized spacial score (nSPS) is 16.7. The molecule has 0 aliphatic heterocycles. The van der Waals surface area contributed by atoms with Gasteiger partial charge in [0, 0.05) is 11.8 Å². The molecule has 2 atom stereocenters. The summed E-state index contributed by atoms with van der Waals surface area (Å²) in [6.07, 6.45) is 5.49. The van der Waals surface area contributed by atoms with Crippen LogP contribution in [0.2, 0.25) is 0 Å². The van der Waals surface area contributed by atoms with Crippen LogP contribution in [0.5, 0.6) is 11.5 Å². The molecule has 0 saturated carbocycles. The van der Waals surface area contributed by atoms with Crippen molar-refractivity contribution < 1.29 is 13.7 Å². The molecular weight excluding hydrogens is 434 g/mol.